The van der Waals surface area contributed by atoms with E-state index in [-0.39, 0.29) is 11.3 Å². The van der Waals surface area contributed by atoms with Gasteiger partial charge in [0.25, 0.3) is 5.56 Å². The number of nitrogens with two attached hydrogens (primary N) is 1. The maximum atomic E-state index is 12.2. The van der Waals surface area contributed by atoms with Crippen molar-refractivity contribution in [3.8, 4) is 17.1 Å². The average molecular weight is 422 g/mol. The van der Waals surface area contributed by atoms with E-state index in [1.165, 1.54) is 50.4 Å². The van der Waals surface area contributed by atoms with E-state index in [4.69, 9.17) is 5.84 Å². The third-order valence-corrected chi connectivity index (χ3v) is 5.44. The van der Waals surface area contributed by atoms with Gasteiger partial charge in [-0.05, 0) is 24.3 Å². The highest BCUT2D eigenvalue weighted by molar-refractivity contribution is 7.98. The highest BCUT2D eigenvalue weighted by atomic mass is 32.2. The van der Waals surface area contributed by atoms with Gasteiger partial charge in [0, 0.05) is 29.0 Å². The lowest BCUT2D eigenvalue weighted by Gasteiger charge is -2.06. The predicted molar refractivity (Wildman–Crippen MR) is 101 cm³/mol. The molecular weight excluding hydrogens is 410 g/mol. The predicted octanol–water partition coefficient (Wildman–Crippen LogP) is 2.62. The van der Waals surface area contributed by atoms with Crippen LogP contribution in [0.4, 0.5) is 8.78 Å². The fraction of sp³-hybridized carbons (Fsp3) is 0.125. The molecule has 0 atom stereocenters. The maximum Gasteiger partial charge on any atom is 0.387 e. The zero-order valence-electron chi connectivity index (χ0n) is 14.0. The number of rotatable bonds is 6. The van der Waals surface area contributed by atoms with Gasteiger partial charge in [-0.15, -0.1) is 21.5 Å². The van der Waals surface area contributed by atoms with Gasteiger partial charge in [-0.2, -0.15) is 8.78 Å². The van der Waals surface area contributed by atoms with E-state index in [1.807, 2.05) is 0 Å². The van der Waals surface area contributed by atoms with Crippen molar-refractivity contribution < 1.29 is 13.5 Å². The first-order chi connectivity index (χ1) is 13.5. The molecule has 0 saturated carbocycles. The standard InChI is InChI=1S/C16H12F2N6O2S2/c17-14(18)26-11-3-1-9(2-4-11)13-21-22-16(24(13)19)28-8-10-7-12(25)23-5-6-27-15(23)20-10/h1-7,14H,8,19H2. The highest BCUT2D eigenvalue weighted by Gasteiger charge is 2.14. The van der Waals surface area contributed by atoms with Crippen molar-refractivity contribution in [1.29, 1.82) is 0 Å². The van der Waals surface area contributed by atoms with E-state index in [0.29, 0.717) is 33.0 Å². The van der Waals surface area contributed by atoms with Gasteiger partial charge in [-0.3, -0.25) is 9.20 Å². The van der Waals surface area contributed by atoms with Gasteiger partial charge >= 0.3 is 6.61 Å². The van der Waals surface area contributed by atoms with E-state index in [2.05, 4.69) is 19.9 Å². The lowest BCUT2D eigenvalue weighted by atomic mass is 10.2. The minimum atomic E-state index is -2.89. The molecule has 0 radical (unpaired) electrons. The largest absolute Gasteiger partial charge is 0.435 e. The average Bonchev–Trinajstić information content (AvgIpc) is 3.27. The third-order valence-electron chi connectivity index (χ3n) is 3.71. The van der Waals surface area contributed by atoms with Crippen LogP contribution in [0.2, 0.25) is 0 Å². The van der Waals surface area contributed by atoms with Crippen molar-refractivity contribution in [1.82, 2.24) is 24.3 Å². The Morgan fingerprint density at radius 2 is 2.04 bits per heavy atom. The zero-order valence-corrected chi connectivity index (χ0v) is 15.7. The second-order valence-electron chi connectivity index (χ2n) is 5.51. The number of thioether (sulfide) groups is 1. The monoisotopic (exact) mass is 422 g/mol. The summed E-state index contributed by atoms with van der Waals surface area (Å²) in [4.78, 5) is 17.1. The first-order valence-corrected chi connectivity index (χ1v) is 9.72. The number of nitrogen functional groups attached to an aromatic ring is 1. The molecule has 2 N–H and O–H groups in total. The Hall–Kier alpha value is -2.99. The molecule has 8 nitrogen and oxygen atoms in total. The van der Waals surface area contributed by atoms with Crippen LogP contribution in [-0.2, 0) is 5.75 Å². The van der Waals surface area contributed by atoms with Crippen molar-refractivity contribution in [2.75, 3.05) is 5.84 Å². The lowest BCUT2D eigenvalue weighted by Crippen LogP contribution is -2.13. The van der Waals surface area contributed by atoms with Crippen molar-refractivity contribution in [3.63, 3.8) is 0 Å². The molecule has 1 aromatic carbocycles. The third kappa shape index (κ3) is 3.68. The van der Waals surface area contributed by atoms with Crippen LogP contribution in [0.15, 0.2) is 51.9 Å². The molecule has 0 saturated heterocycles. The SMILES string of the molecule is Nn1c(SCc2cc(=O)n3ccsc3n2)nnc1-c1ccc(OC(F)F)cc1. The summed E-state index contributed by atoms with van der Waals surface area (Å²) in [6.07, 6.45) is 1.67. The molecule has 0 bridgehead atoms. The summed E-state index contributed by atoms with van der Waals surface area (Å²) < 4.78 is 31.6. The van der Waals surface area contributed by atoms with Gasteiger partial charge < -0.3 is 10.6 Å². The summed E-state index contributed by atoms with van der Waals surface area (Å²) in [6.45, 7) is -2.89. The Morgan fingerprint density at radius 1 is 1.25 bits per heavy atom. The van der Waals surface area contributed by atoms with E-state index in [1.54, 1.807) is 23.7 Å². The fourth-order valence-electron chi connectivity index (χ4n) is 2.46. The molecule has 0 unspecified atom stereocenters. The van der Waals surface area contributed by atoms with Gasteiger partial charge in [0.2, 0.25) is 5.16 Å². The normalized spacial score (nSPS) is 11.4. The molecule has 28 heavy (non-hydrogen) atoms. The number of ether oxygens (including phenoxy) is 1. The van der Waals surface area contributed by atoms with E-state index in [0.717, 1.165) is 0 Å². The van der Waals surface area contributed by atoms with Crippen LogP contribution < -0.4 is 16.1 Å². The molecule has 144 valence electrons. The molecule has 3 aromatic heterocycles. The fourth-order valence-corrected chi connectivity index (χ4v) is 3.95. The van der Waals surface area contributed by atoms with Crippen molar-refractivity contribution in [3.05, 3.63) is 58.0 Å². The molecule has 0 aliphatic rings. The van der Waals surface area contributed by atoms with Crippen molar-refractivity contribution in [2.24, 2.45) is 0 Å². The molecule has 0 aliphatic heterocycles. The van der Waals surface area contributed by atoms with Crippen LogP contribution in [0.1, 0.15) is 5.69 Å². The summed E-state index contributed by atoms with van der Waals surface area (Å²) in [6, 6.07) is 7.39. The van der Waals surface area contributed by atoms with Crippen LogP contribution in [0.25, 0.3) is 16.3 Å². The Labute approximate surface area is 164 Å². The summed E-state index contributed by atoms with van der Waals surface area (Å²) in [5.74, 6) is 6.85. The number of nitrogens with zero attached hydrogens (tertiary/aromatic N) is 5. The van der Waals surface area contributed by atoms with Gasteiger partial charge in [0.15, 0.2) is 10.8 Å². The summed E-state index contributed by atoms with van der Waals surface area (Å²) in [5.41, 5.74) is 1.05. The van der Waals surface area contributed by atoms with Crippen LogP contribution >= 0.6 is 23.1 Å². The minimum Gasteiger partial charge on any atom is -0.435 e. The number of halogens is 2. The Kier molecular flexibility index (Phi) is 4.96. The molecule has 12 heteroatoms. The number of alkyl halides is 2. The first kappa shape index (κ1) is 18.4. The van der Waals surface area contributed by atoms with Gasteiger partial charge in [0.05, 0.1) is 5.69 Å². The molecule has 0 aliphatic carbocycles. The molecule has 4 aromatic rings. The number of fused-ring (bicyclic) bond motifs is 1. The molecular formula is C16H12F2N6O2S2. The van der Waals surface area contributed by atoms with E-state index < -0.39 is 6.61 Å². The van der Waals surface area contributed by atoms with Gasteiger partial charge in [-0.1, -0.05) is 11.8 Å². The maximum absolute atomic E-state index is 12.2. The second kappa shape index (κ2) is 7.56. The Morgan fingerprint density at radius 3 is 2.79 bits per heavy atom. The first-order valence-electron chi connectivity index (χ1n) is 7.85. The summed E-state index contributed by atoms with van der Waals surface area (Å²) >= 11 is 2.66. The molecule has 0 amide bonds. The van der Waals surface area contributed by atoms with Gasteiger partial charge in [-0.25, -0.2) is 9.66 Å². The zero-order chi connectivity index (χ0) is 19.7. The van der Waals surface area contributed by atoms with Crippen LogP contribution in [-0.4, -0.2) is 30.9 Å². The topological polar surface area (TPSA) is 100 Å². The number of thiazole rings is 1. The summed E-state index contributed by atoms with van der Waals surface area (Å²) in [5, 5.41) is 10.3. The number of hydrogen-bond acceptors (Lipinski definition) is 8. The van der Waals surface area contributed by atoms with Gasteiger partial charge in [0.1, 0.15) is 5.75 Å². The van der Waals surface area contributed by atoms with Crippen LogP contribution in [0.5, 0.6) is 5.75 Å². The van der Waals surface area contributed by atoms with Crippen molar-refractivity contribution >= 4 is 28.1 Å². The number of aromatic nitrogens is 5. The Bertz CT molecular complexity index is 1170. The van der Waals surface area contributed by atoms with Crippen molar-refractivity contribution in [2.45, 2.75) is 17.5 Å². The number of benzene rings is 1. The minimum absolute atomic E-state index is 0.0396. The number of hydrogen-bond donors (Lipinski definition) is 1. The molecule has 3 heterocycles. The Balaban J connectivity index is 1.50. The van der Waals surface area contributed by atoms with Crippen LogP contribution in [0, 0.1) is 0 Å². The summed E-state index contributed by atoms with van der Waals surface area (Å²) in [7, 11) is 0. The van der Waals surface area contributed by atoms with E-state index in [9.17, 15) is 13.6 Å². The molecule has 0 spiro atoms. The quantitative estimate of drug-likeness (QED) is 0.377. The highest BCUT2D eigenvalue weighted by Crippen LogP contribution is 2.25. The van der Waals surface area contributed by atoms with E-state index >= 15 is 0 Å². The smallest absolute Gasteiger partial charge is 0.387 e. The second-order valence-corrected chi connectivity index (χ2v) is 7.32. The molecule has 4 rings (SSSR count). The van der Waals surface area contributed by atoms with Crippen LogP contribution in [0.3, 0.4) is 0 Å². The molecule has 0 fully saturated rings. The lowest BCUT2D eigenvalue weighted by molar-refractivity contribution is -0.0498.